The molecule has 0 bridgehead atoms. The van der Waals surface area contributed by atoms with Crippen LogP contribution in [0.1, 0.15) is 39.2 Å². The molecule has 0 fully saturated rings. The van der Waals surface area contributed by atoms with Gasteiger partial charge in [-0.15, -0.1) is 10.2 Å². The minimum absolute atomic E-state index is 0.455. The number of ether oxygens (including phenoxy) is 1. The molecule has 0 amide bonds. The van der Waals surface area contributed by atoms with Gasteiger partial charge >= 0.3 is 0 Å². The molecular weight excluding hydrogens is 566 g/mol. The van der Waals surface area contributed by atoms with Crippen LogP contribution in [0.3, 0.4) is 0 Å². The van der Waals surface area contributed by atoms with E-state index in [1.165, 1.54) is 0 Å². The zero-order valence-corrected chi connectivity index (χ0v) is 25.8. The van der Waals surface area contributed by atoms with Gasteiger partial charge in [0.15, 0.2) is 0 Å². The third kappa shape index (κ3) is 5.08. The van der Waals surface area contributed by atoms with Crippen LogP contribution in [0.4, 0.5) is 0 Å². The SMILES string of the molecule is Cc1cc(OCc2ccc(-c3ccccc3C3(C(c4ccccc4)(c4ccccc4)c4ccccc4)N=NN=N3)cc2)cc(C)n1. The van der Waals surface area contributed by atoms with Crippen LogP contribution in [0.15, 0.2) is 172 Å². The first-order valence-electron chi connectivity index (χ1n) is 15.4. The Hall–Kier alpha value is -5.75. The summed E-state index contributed by atoms with van der Waals surface area (Å²) < 4.78 is 6.12. The highest BCUT2D eigenvalue weighted by Gasteiger charge is 2.60. The lowest BCUT2D eigenvalue weighted by molar-refractivity contribution is 0.305. The number of nitrogens with zero attached hydrogens (tertiary/aromatic N) is 5. The largest absolute Gasteiger partial charge is 0.489 e. The van der Waals surface area contributed by atoms with Crippen LogP contribution in [-0.4, -0.2) is 4.98 Å². The van der Waals surface area contributed by atoms with Crippen LogP contribution in [0.2, 0.25) is 0 Å². The maximum atomic E-state index is 6.12. The van der Waals surface area contributed by atoms with E-state index in [1.807, 2.05) is 50.2 Å². The zero-order chi connectivity index (χ0) is 31.4. The van der Waals surface area contributed by atoms with Gasteiger partial charge < -0.3 is 4.74 Å². The molecule has 224 valence electrons. The van der Waals surface area contributed by atoms with Crippen LogP contribution in [0, 0.1) is 13.8 Å². The summed E-state index contributed by atoms with van der Waals surface area (Å²) in [6, 6.07) is 52.1. The first-order chi connectivity index (χ1) is 22.6. The van der Waals surface area contributed by atoms with E-state index in [4.69, 9.17) is 15.0 Å². The number of pyridine rings is 1. The molecule has 1 aromatic heterocycles. The van der Waals surface area contributed by atoms with E-state index in [2.05, 4.69) is 131 Å². The Balaban J connectivity index is 1.38. The first-order valence-corrected chi connectivity index (χ1v) is 15.4. The fourth-order valence-corrected chi connectivity index (χ4v) is 6.68. The van der Waals surface area contributed by atoms with E-state index in [1.54, 1.807) is 0 Å². The zero-order valence-electron chi connectivity index (χ0n) is 25.8. The second-order valence-electron chi connectivity index (χ2n) is 11.5. The maximum absolute atomic E-state index is 6.12. The minimum Gasteiger partial charge on any atom is -0.489 e. The van der Waals surface area contributed by atoms with Crippen molar-refractivity contribution in [1.29, 1.82) is 0 Å². The molecule has 1 aliphatic heterocycles. The number of benzene rings is 5. The molecule has 7 rings (SSSR count). The van der Waals surface area contributed by atoms with Crippen molar-refractivity contribution in [2.75, 3.05) is 0 Å². The van der Waals surface area contributed by atoms with Crippen LogP contribution >= 0.6 is 0 Å². The van der Waals surface area contributed by atoms with Crippen LogP contribution in [-0.2, 0) is 17.7 Å². The van der Waals surface area contributed by atoms with Crippen molar-refractivity contribution in [2.45, 2.75) is 31.5 Å². The van der Waals surface area contributed by atoms with Gasteiger partial charge in [-0.2, -0.15) is 0 Å². The summed E-state index contributed by atoms with van der Waals surface area (Å²) in [6.45, 7) is 4.41. The number of aromatic nitrogens is 1. The Bertz CT molecular complexity index is 1880. The van der Waals surface area contributed by atoms with Crippen molar-refractivity contribution >= 4 is 0 Å². The highest BCUT2D eigenvalue weighted by Crippen LogP contribution is 2.58. The van der Waals surface area contributed by atoms with Crippen LogP contribution < -0.4 is 4.74 Å². The van der Waals surface area contributed by atoms with Crippen molar-refractivity contribution < 1.29 is 4.74 Å². The van der Waals surface area contributed by atoms with Gasteiger partial charge in [0, 0.05) is 29.1 Å². The average Bonchev–Trinajstić information content (AvgIpc) is 3.60. The standard InChI is InChI=1S/C40H33N5O/c1-29-26-36(27-30(2)41-29)46-28-31-22-24-32(25-23-31)37-20-12-13-21-38(37)40(42-44-45-43-40)39(33-14-6-3-7-15-33,34-16-8-4-9-17-34)35-18-10-5-11-19-35/h3-27H,28H2,1-2H3. The molecule has 0 spiro atoms. The average molecular weight is 600 g/mol. The van der Waals surface area contributed by atoms with Crippen molar-refractivity contribution in [3.63, 3.8) is 0 Å². The summed E-state index contributed by atoms with van der Waals surface area (Å²) in [6.07, 6.45) is 0. The predicted octanol–water partition coefficient (Wildman–Crippen LogP) is 9.96. The topological polar surface area (TPSA) is 71.6 Å². The summed E-state index contributed by atoms with van der Waals surface area (Å²) in [5, 5.41) is 18.4. The lowest BCUT2D eigenvalue weighted by Gasteiger charge is -2.45. The molecule has 0 saturated heterocycles. The fourth-order valence-electron chi connectivity index (χ4n) is 6.68. The van der Waals surface area contributed by atoms with Crippen LogP contribution in [0.5, 0.6) is 5.75 Å². The Labute approximate surface area is 269 Å². The lowest BCUT2D eigenvalue weighted by Crippen LogP contribution is -2.48. The Morgan fingerprint density at radius 2 is 1.04 bits per heavy atom. The molecular formula is C40H33N5O. The van der Waals surface area contributed by atoms with Gasteiger partial charge in [0.2, 0.25) is 5.66 Å². The highest BCUT2D eigenvalue weighted by atomic mass is 16.5. The number of rotatable bonds is 9. The van der Waals surface area contributed by atoms with Gasteiger partial charge in [0.05, 0.1) is 5.41 Å². The first kappa shape index (κ1) is 29.0. The molecule has 0 radical (unpaired) electrons. The van der Waals surface area contributed by atoms with Gasteiger partial charge in [-0.05, 0) is 57.7 Å². The van der Waals surface area contributed by atoms with Gasteiger partial charge in [0.1, 0.15) is 12.4 Å². The summed E-state index contributed by atoms with van der Waals surface area (Å²) in [5.41, 5.74) is 6.86. The van der Waals surface area contributed by atoms with Crippen molar-refractivity contribution in [3.8, 4) is 16.9 Å². The maximum Gasteiger partial charge on any atom is 0.238 e. The monoisotopic (exact) mass is 599 g/mol. The van der Waals surface area contributed by atoms with Crippen molar-refractivity contribution in [2.24, 2.45) is 20.7 Å². The van der Waals surface area contributed by atoms with E-state index in [9.17, 15) is 0 Å². The van der Waals surface area contributed by atoms with E-state index in [-0.39, 0.29) is 0 Å². The molecule has 0 unspecified atom stereocenters. The number of hydrogen-bond donors (Lipinski definition) is 0. The smallest absolute Gasteiger partial charge is 0.238 e. The fraction of sp³-hybridized carbons (Fsp3) is 0.125. The minimum atomic E-state index is -1.24. The molecule has 46 heavy (non-hydrogen) atoms. The molecule has 0 N–H and O–H groups in total. The van der Waals surface area contributed by atoms with E-state index < -0.39 is 11.1 Å². The molecule has 5 aromatic carbocycles. The molecule has 6 heteroatoms. The highest BCUT2D eigenvalue weighted by molar-refractivity contribution is 5.72. The van der Waals surface area contributed by atoms with E-state index in [0.717, 1.165) is 56.1 Å². The van der Waals surface area contributed by atoms with Crippen LogP contribution in [0.25, 0.3) is 11.1 Å². The molecule has 0 aliphatic carbocycles. The third-order valence-electron chi connectivity index (χ3n) is 8.59. The summed E-state index contributed by atoms with van der Waals surface area (Å²) in [4.78, 5) is 4.45. The summed E-state index contributed by atoms with van der Waals surface area (Å²) in [7, 11) is 0. The molecule has 6 aromatic rings. The molecule has 0 atom stereocenters. The predicted molar refractivity (Wildman–Crippen MR) is 181 cm³/mol. The van der Waals surface area contributed by atoms with E-state index in [0.29, 0.717) is 6.61 Å². The normalized spacial score (nSPS) is 13.5. The Morgan fingerprint density at radius 3 is 1.57 bits per heavy atom. The number of aryl methyl sites for hydroxylation is 2. The number of hydrogen-bond acceptors (Lipinski definition) is 6. The van der Waals surface area contributed by atoms with E-state index >= 15 is 0 Å². The second kappa shape index (κ2) is 12.3. The van der Waals surface area contributed by atoms with Gasteiger partial charge in [-0.1, -0.05) is 140 Å². The summed E-state index contributed by atoms with van der Waals surface area (Å²) in [5.74, 6) is 0.817. The van der Waals surface area contributed by atoms with Gasteiger partial charge in [-0.25, -0.2) is 0 Å². The quantitative estimate of drug-likeness (QED) is 0.155. The summed E-state index contributed by atoms with van der Waals surface area (Å²) >= 11 is 0. The molecule has 6 nitrogen and oxygen atoms in total. The lowest BCUT2D eigenvalue weighted by atomic mass is 9.59. The molecule has 1 aliphatic rings. The van der Waals surface area contributed by atoms with Gasteiger partial charge in [0.25, 0.3) is 0 Å². The second-order valence-corrected chi connectivity index (χ2v) is 11.5. The Kier molecular flexibility index (Phi) is 7.77. The molecule has 2 heterocycles. The van der Waals surface area contributed by atoms with Gasteiger partial charge in [-0.3, -0.25) is 4.98 Å². The van der Waals surface area contributed by atoms with Crippen molar-refractivity contribution in [3.05, 3.63) is 191 Å². The molecule has 0 saturated carbocycles. The van der Waals surface area contributed by atoms with Crippen molar-refractivity contribution in [1.82, 2.24) is 4.98 Å². The Morgan fingerprint density at radius 1 is 0.565 bits per heavy atom. The third-order valence-corrected chi connectivity index (χ3v) is 8.59.